The summed E-state index contributed by atoms with van der Waals surface area (Å²) in [6.07, 6.45) is -0.689. The molecule has 0 aliphatic carbocycles. The number of hydrogen-bond acceptors (Lipinski definition) is 10. The van der Waals surface area contributed by atoms with Gasteiger partial charge < -0.3 is 9.84 Å². The normalized spacial score (nSPS) is 12.0. The van der Waals surface area contributed by atoms with Crippen molar-refractivity contribution in [3.05, 3.63) is 0 Å². The fourth-order valence-corrected chi connectivity index (χ4v) is 3.10. The molecule has 39 heavy (non-hydrogen) atoms. The van der Waals surface area contributed by atoms with Gasteiger partial charge in [0.05, 0.1) is 19.6 Å². The van der Waals surface area contributed by atoms with Crippen molar-refractivity contribution >= 4 is 29.8 Å². The highest BCUT2D eigenvalue weighted by Crippen LogP contribution is 2.07. The summed E-state index contributed by atoms with van der Waals surface area (Å²) in [6.45, 7) is 15.5. The molecule has 5 N–H and O–H groups in total. The minimum absolute atomic E-state index is 0.107. The van der Waals surface area contributed by atoms with Crippen LogP contribution in [0.2, 0.25) is 0 Å². The van der Waals surface area contributed by atoms with Crippen molar-refractivity contribution in [1.82, 2.24) is 41.7 Å². The van der Waals surface area contributed by atoms with E-state index in [1.165, 1.54) is 27.1 Å². The van der Waals surface area contributed by atoms with Crippen LogP contribution in [-0.4, -0.2) is 112 Å². The van der Waals surface area contributed by atoms with Gasteiger partial charge in [-0.3, -0.25) is 40.9 Å². The van der Waals surface area contributed by atoms with Crippen LogP contribution in [0.15, 0.2) is 0 Å². The van der Waals surface area contributed by atoms with E-state index in [4.69, 9.17) is 9.84 Å². The Kier molecular flexibility index (Phi) is 15.5. The second-order valence-corrected chi connectivity index (χ2v) is 11.2. The molecule has 0 unspecified atom stereocenters. The molecule has 0 rings (SSSR count). The topological polar surface area (TPSA) is 176 Å². The summed E-state index contributed by atoms with van der Waals surface area (Å²) in [5.74, 6) is -2.42. The fraction of sp³-hybridized carbons (Fsp3) is 0.792. The van der Waals surface area contributed by atoms with Gasteiger partial charge in [0.25, 0.3) is 0 Å². The first kappa shape index (κ1) is 36.0. The predicted molar refractivity (Wildman–Crippen MR) is 144 cm³/mol. The number of carboxylic acid groups (broad SMARTS) is 1. The number of hydrogen-bond donors (Lipinski definition) is 5. The van der Waals surface area contributed by atoms with Gasteiger partial charge in [-0.2, -0.15) is 0 Å². The van der Waals surface area contributed by atoms with Gasteiger partial charge >= 0.3 is 12.1 Å². The molecule has 0 spiro atoms. The second kappa shape index (κ2) is 16.8. The van der Waals surface area contributed by atoms with Gasteiger partial charge in [0.1, 0.15) is 12.1 Å². The first-order valence-electron chi connectivity index (χ1n) is 12.9. The van der Waals surface area contributed by atoms with Crippen molar-refractivity contribution in [3.63, 3.8) is 0 Å². The highest BCUT2D eigenvalue weighted by molar-refractivity contribution is 5.81. The fourth-order valence-electron chi connectivity index (χ4n) is 3.10. The zero-order valence-corrected chi connectivity index (χ0v) is 25.0. The van der Waals surface area contributed by atoms with Crippen LogP contribution in [-0.2, 0) is 23.9 Å². The largest absolute Gasteiger partial charge is 0.480 e. The van der Waals surface area contributed by atoms with E-state index < -0.39 is 35.4 Å². The number of aliphatic carboxylic acids is 1. The van der Waals surface area contributed by atoms with Crippen LogP contribution in [0.3, 0.4) is 0 Å². The van der Waals surface area contributed by atoms with E-state index in [0.29, 0.717) is 6.54 Å². The highest BCUT2D eigenvalue weighted by Gasteiger charge is 2.23. The number of ether oxygens (including phenoxy) is 1. The number of carbonyl (C=O) groups excluding carboxylic acids is 4. The number of likely N-dealkylation sites (N-methyl/N-ethyl adjacent to an activating group) is 1. The van der Waals surface area contributed by atoms with E-state index in [-0.39, 0.29) is 44.2 Å². The number of nitrogens with one attached hydrogen (secondary N) is 4. The average molecular weight is 561 g/mol. The Morgan fingerprint density at radius 2 is 1.21 bits per heavy atom. The van der Waals surface area contributed by atoms with E-state index in [1.807, 2.05) is 13.8 Å². The standard InChI is InChI=1S/C24H48N8O7/c1-16(2)11-30(13-20(34)27-32(18(5)6)15-22(36)37)26-19(33)12-29(10)25-21(35)14-31(17(3)4)28-23(38)39-24(7,8)9/h16-18H,11-15H2,1-10H3,(H,25,35)(H,26,33)(H,27,34)(H,28,38)(H,36,37). The van der Waals surface area contributed by atoms with Gasteiger partial charge in [-0.15, -0.1) is 0 Å². The summed E-state index contributed by atoms with van der Waals surface area (Å²) in [5.41, 5.74) is 9.63. The SMILES string of the molecule is CC(C)CN(CC(=O)NN(CC(=O)O)C(C)C)NC(=O)CN(C)NC(=O)CN(NC(=O)OC(C)(C)C)C(C)C. The average Bonchev–Trinajstić information content (AvgIpc) is 2.69. The lowest BCUT2D eigenvalue weighted by atomic mass is 10.2. The van der Waals surface area contributed by atoms with Crippen LogP contribution in [0.1, 0.15) is 62.3 Å². The molecule has 4 amide bonds. The van der Waals surface area contributed by atoms with Crippen molar-refractivity contribution in [1.29, 1.82) is 0 Å². The molecule has 0 heterocycles. The van der Waals surface area contributed by atoms with Crippen LogP contribution in [0.4, 0.5) is 4.79 Å². The summed E-state index contributed by atoms with van der Waals surface area (Å²) >= 11 is 0. The third-order valence-corrected chi connectivity index (χ3v) is 4.67. The Bertz CT molecular complexity index is 830. The number of carboxylic acids is 1. The highest BCUT2D eigenvalue weighted by atomic mass is 16.6. The molecule has 0 aromatic heterocycles. The molecule has 0 bridgehead atoms. The molecule has 0 aliphatic rings. The van der Waals surface area contributed by atoms with E-state index in [2.05, 4.69) is 21.7 Å². The Labute approximate surface area is 231 Å². The molecular formula is C24H48N8O7. The van der Waals surface area contributed by atoms with Gasteiger partial charge in [0.15, 0.2) is 0 Å². The molecule has 0 aliphatic heterocycles. The van der Waals surface area contributed by atoms with E-state index in [9.17, 15) is 24.0 Å². The molecule has 0 aromatic rings. The van der Waals surface area contributed by atoms with Crippen molar-refractivity contribution in [3.8, 4) is 0 Å². The quantitative estimate of drug-likeness (QED) is 0.160. The van der Waals surface area contributed by atoms with Crippen LogP contribution < -0.4 is 21.7 Å². The number of rotatable bonds is 16. The lowest BCUT2D eigenvalue weighted by Gasteiger charge is -2.30. The summed E-state index contributed by atoms with van der Waals surface area (Å²) in [4.78, 5) is 60.9. The molecule has 15 nitrogen and oxygen atoms in total. The molecule has 0 saturated carbocycles. The summed E-state index contributed by atoms with van der Waals surface area (Å²) in [6, 6.07) is -0.462. The van der Waals surface area contributed by atoms with Gasteiger partial charge in [-0.05, 0) is 54.4 Å². The smallest absolute Gasteiger partial charge is 0.422 e. The Balaban J connectivity index is 4.97. The first-order valence-corrected chi connectivity index (χ1v) is 12.9. The third kappa shape index (κ3) is 18.0. The van der Waals surface area contributed by atoms with E-state index in [0.717, 1.165) is 0 Å². The predicted octanol–water partition coefficient (Wildman–Crippen LogP) is -0.0851. The van der Waals surface area contributed by atoms with Crippen molar-refractivity contribution in [2.24, 2.45) is 5.92 Å². The lowest BCUT2D eigenvalue weighted by molar-refractivity contribution is -0.141. The Hall–Kier alpha value is -3.01. The lowest BCUT2D eigenvalue weighted by Crippen LogP contribution is -2.57. The molecular weight excluding hydrogens is 512 g/mol. The van der Waals surface area contributed by atoms with Gasteiger partial charge in [0.2, 0.25) is 17.7 Å². The molecule has 0 fully saturated rings. The zero-order valence-electron chi connectivity index (χ0n) is 25.0. The van der Waals surface area contributed by atoms with Gasteiger partial charge in [-0.1, -0.05) is 13.8 Å². The zero-order chi connectivity index (χ0) is 30.5. The van der Waals surface area contributed by atoms with E-state index >= 15 is 0 Å². The third-order valence-electron chi connectivity index (χ3n) is 4.67. The van der Waals surface area contributed by atoms with Crippen molar-refractivity contribution < 1.29 is 33.8 Å². The number of carbonyl (C=O) groups is 5. The summed E-state index contributed by atoms with van der Waals surface area (Å²) in [7, 11) is 1.50. The molecule has 226 valence electrons. The molecule has 0 atom stereocenters. The number of nitrogens with zero attached hydrogens (tertiary/aromatic N) is 4. The monoisotopic (exact) mass is 560 g/mol. The summed E-state index contributed by atoms with van der Waals surface area (Å²) in [5, 5.41) is 14.5. The van der Waals surface area contributed by atoms with Crippen molar-refractivity contribution in [2.75, 3.05) is 39.8 Å². The van der Waals surface area contributed by atoms with Crippen LogP contribution in [0.25, 0.3) is 0 Å². The molecule has 0 aromatic carbocycles. The molecule has 15 heteroatoms. The van der Waals surface area contributed by atoms with Crippen molar-refractivity contribution in [2.45, 2.75) is 80.0 Å². The maximum atomic E-state index is 12.6. The minimum Gasteiger partial charge on any atom is -0.480 e. The summed E-state index contributed by atoms with van der Waals surface area (Å²) < 4.78 is 5.23. The molecule has 0 saturated heterocycles. The first-order chi connectivity index (χ1) is 17.8. The van der Waals surface area contributed by atoms with Crippen LogP contribution >= 0.6 is 0 Å². The van der Waals surface area contributed by atoms with Crippen LogP contribution in [0.5, 0.6) is 0 Å². The number of hydrazine groups is 4. The number of amides is 4. The maximum Gasteiger partial charge on any atom is 0.422 e. The van der Waals surface area contributed by atoms with Gasteiger partial charge in [0, 0.05) is 25.7 Å². The maximum absolute atomic E-state index is 12.6. The second-order valence-electron chi connectivity index (χ2n) is 11.2. The Morgan fingerprint density at radius 3 is 1.67 bits per heavy atom. The Morgan fingerprint density at radius 1 is 0.718 bits per heavy atom. The van der Waals surface area contributed by atoms with Crippen LogP contribution in [0, 0.1) is 5.92 Å². The van der Waals surface area contributed by atoms with Gasteiger partial charge in [-0.25, -0.2) is 24.8 Å². The molecule has 0 radical (unpaired) electrons. The van der Waals surface area contributed by atoms with E-state index in [1.54, 1.807) is 48.5 Å². The minimum atomic E-state index is -1.08.